The smallest absolute Gasteiger partial charge is 0.309 e. The first-order valence-corrected chi connectivity index (χ1v) is 17.8. The number of carboxylic acid groups (broad SMARTS) is 1. The Morgan fingerprint density at radius 2 is 1.70 bits per heavy atom. The first-order valence-electron chi connectivity index (χ1n) is 16.9. The van der Waals surface area contributed by atoms with Crippen molar-refractivity contribution in [2.75, 3.05) is 6.54 Å². The van der Waals surface area contributed by atoms with Gasteiger partial charge >= 0.3 is 11.9 Å². The number of ether oxygens (including phenoxy) is 1. The molecule has 0 spiro atoms. The number of nitrogens with one attached hydrogen (secondary N) is 1. The van der Waals surface area contributed by atoms with Crippen LogP contribution >= 0.6 is 11.3 Å². The van der Waals surface area contributed by atoms with Gasteiger partial charge in [0.25, 0.3) is 5.91 Å². The zero-order valence-electron chi connectivity index (χ0n) is 29.1. The third kappa shape index (κ3) is 13.4. The van der Waals surface area contributed by atoms with Gasteiger partial charge in [0.1, 0.15) is 16.5 Å². The number of carboxylic acids is 1. The number of nitrogens with zero attached hydrogens (tertiary/aromatic N) is 2. The quantitative estimate of drug-likeness (QED) is 0.102. The molecule has 2 N–H and O–H groups in total. The van der Waals surface area contributed by atoms with Gasteiger partial charge < -0.3 is 20.1 Å². The summed E-state index contributed by atoms with van der Waals surface area (Å²) >= 11 is 1.20. The molecular weight excluding hydrogens is 621 g/mol. The number of thiazole rings is 1. The number of carbonyl (C=O) groups is 4. The lowest BCUT2D eigenvalue weighted by Crippen LogP contribution is -2.45. The molecule has 262 valence electrons. The maximum absolute atomic E-state index is 13.5. The van der Waals surface area contributed by atoms with E-state index >= 15 is 0 Å². The highest BCUT2D eigenvalue weighted by molar-refractivity contribution is 7.09. The van der Waals surface area contributed by atoms with Crippen LogP contribution in [0.15, 0.2) is 29.6 Å². The van der Waals surface area contributed by atoms with Crippen LogP contribution < -0.4 is 5.32 Å². The first kappa shape index (κ1) is 39.8. The summed E-state index contributed by atoms with van der Waals surface area (Å²) in [6.07, 6.45) is 6.32. The fourth-order valence-corrected chi connectivity index (χ4v) is 6.46. The van der Waals surface area contributed by atoms with Crippen molar-refractivity contribution in [3.05, 3.63) is 51.7 Å². The average Bonchev–Trinajstić information content (AvgIpc) is 3.50. The Hall–Kier alpha value is -3.34. The van der Waals surface area contributed by atoms with Crippen molar-refractivity contribution in [2.45, 2.75) is 131 Å². The Morgan fingerprint density at radius 1 is 1.04 bits per heavy atom. The molecule has 0 aliphatic carbocycles. The molecule has 0 fully saturated rings. The van der Waals surface area contributed by atoms with Crippen molar-refractivity contribution in [3.8, 4) is 0 Å². The minimum Gasteiger partial charge on any atom is -0.481 e. The number of esters is 1. The highest BCUT2D eigenvalue weighted by Crippen LogP contribution is 2.32. The Kier molecular flexibility index (Phi) is 16.5. The van der Waals surface area contributed by atoms with E-state index in [0.29, 0.717) is 30.8 Å². The molecule has 3 unspecified atom stereocenters. The minimum atomic E-state index is -1.13. The summed E-state index contributed by atoms with van der Waals surface area (Å²) in [6.45, 7) is 13.5. The monoisotopic (exact) mass is 675 g/mol. The van der Waals surface area contributed by atoms with E-state index in [9.17, 15) is 28.7 Å². The normalized spacial score (nSPS) is 13.6. The Labute approximate surface area is 283 Å². The summed E-state index contributed by atoms with van der Waals surface area (Å²) in [5.41, 5.74) is -0.260. The standard InChI is InChI=1S/C36H54FN3O6S/c1-8-10-12-13-19-40(32(42)14-11-9-2)30(24(3)4)21-31(46-25(5)41)34-39-29(23-47-34)33(43)38-28(22-36(6,7)35(44)45)20-26-15-17-27(37)18-16-26/h15-18,23-24,28,30-31H,8-14,19-22H2,1-7H3,(H,38,43)(H,44,45). The van der Waals surface area contributed by atoms with Gasteiger partial charge in [-0.3, -0.25) is 19.2 Å². The molecule has 0 radical (unpaired) electrons. The molecule has 0 saturated heterocycles. The number of rotatable bonds is 21. The predicted molar refractivity (Wildman–Crippen MR) is 183 cm³/mol. The lowest BCUT2D eigenvalue weighted by Gasteiger charge is -2.36. The molecule has 9 nitrogen and oxygen atoms in total. The predicted octanol–water partition coefficient (Wildman–Crippen LogP) is 7.74. The Bertz CT molecular complexity index is 1300. The third-order valence-electron chi connectivity index (χ3n) is 8.35. The molecule has 1 heterocycles. The molecular formula is C36H54FN3O6S. The van der Waals surface area contributed by atoms with E-state index < -0.39 is 35.4 Å². The summed E-state index contributed by atoms with van der Waals surface area (Å²) < 4.78 is 19.3. The van der Waals surface area contributed by atoms with Gasteiger partial charge in [-0.25, -0.2) is 9.37 Å². The van der Waals surface area contributed by atoms with E-state index in [2.05, 4.69) is 38.0 Å². The number of aliphatic carboxylic acids is 1. The number of hydrogen-bond donors (Lipinski definition) is 2. The third-order valence-corrected chi connectivity index (χ3v) is 9.28. The van der Waals surface area contributed by atoms with Crippen LogP contribution in [0.4, 0.5) is 4.39 Å². The van der Waals surface area contributed by atoms with Gasteiger partial charge in [-0.2, -0.15) is 0 Å². The van der Waals surface area contributed by atoms with Crippen LogP contribution in [0.2, 0.25) is 0 Å². The molecule has 2 aromatic rings. The average molecular weight is 676 g/mol. The molecule has 2 rings (SSSR count). The highest BCUT2D eigenvalue weighted by atomic mass is 32.1. The van der Waals surface area contributed by atoms with Crippen molar-refractivity contribution in [1.29, 1.82) is 0 Å². The van der Waals surface area contributed by atoms with E-state index in [-0.39, 0.29) is 35.8 Å². The summed E-state index contributed by atoms with van der Waals surface area (Å²) in [5, 5.41) is 14.7. The van der Waals surface area contributed by atoms with Gasteiger partial charge in [0, 0.05) is 43.8 Å². The number of aromatic nitrogens is 1. The SMILES string of the molecule is CCCCCCN(C(=O)CCCC)C(CC(OC(C)=O)c1nc(C(=O)NC(Cc2ccc(F)cc2)CC(C)(C)C(=O)O)cs1)C(C)C. The van der Waals surface area contributed by atoms with Crippen molar-refractivity contribution < 1.29 is 33.4 Å². The largest absolute Gasteiger partial charge is 0.481 e. The molecule has 0 bridgehead atoms. The number of unbranched alkanes of at least 4 members (excludes halogenated alkanes) is 4. The Balaban J connectivity index is 2.33. The summed E-state index contributed by atoms with van der Waals surface area (Å²) in [5.74, 6) is -2.18. The van der Waals surface area contributed by atoms with E-state index in [1.54, 1.807) is 31.4 Å². The van der Waals surface area contributed by atoms with Crippen molar-refractivity contribution in [3.63, 3.8) is 0 Å². The van der Waals surface area contributed by atoms with Crippen molar-refractivity contribution in [2.24, 2.45) is 11.3 Å². The molecule has 3 atom stereocenters. The second-order valence-corrected chi connectivity index (χ2v) is 14.3. The zero-order chi connectivity index (χ0) is 35.1. The van der Waals surface area contributed by atoms with Crippen molar-refractivity contribution >= 4 is 35.1 Å². The van der Waals surface area contributed by atoms with Crippen molar-refractivity contribution in [1.82, 2.24) is 15.2 Å². The second-order valence-electron chi connectivity index (χ2n) is 13.4. The Morgan fingerprint density at radius 3 is 2.28 bits per heavy atom. The van der Waals surface area contributed by atoms with Gasteiger partial charge in [0.15, 0.2) is 6.10 Å². The van der Waals surface area contributed by atoms with Crippen LogP contribution in [0.25, 0.3) is 0 Å². The van der Waals surface area contributed by atoms with Gasteiger partial charge in [-0.15, -0.1) is 11.3 Å². The van der Waals surface area contributed by atoms with Crippen LogP contribution in [-0.2, 0) is 25.5 Å². The second kappa shape index (κ2) is 19.5. The maximum Gasteiger partial charge on any atom is 0.309 e. The number of amides is 2. The maximum atomic E-state index is 13.5. The van der Waals surface area contributed by atoms with E-state index in [1.165, 1.54) is 30.4 Å². The number of carbonyl (C=O) groups excluding carboxylic acids is 3. The van der Waals surface area contributed by atoms with Crippen LogP contribution in [0.3, 0.4) is 0 Å². The molecule has 1 aromatic heterocycles. The van der Waals surface area contributed by atoms with Crippen LogP contribution in [0.5, 0.6) is 0 Å². The van der Waals surface area contributed by atoms with Gasteiger partial charge in [0.2, 0.25) is 5.91 Å². The molecule has 0 aliphatic rings. The number of hydrogen-bond acceptors (Lipinski definition) is 7. The van der Waals surface area contributed by atoms with Gasteiger partial charge in [0.05, 0.1) is 5.41 Å². The van der Waals surface area contributed by atoms with E-state index in [1.807, 2.05) is 4.90 Å². The molecule has 0 aliphatic heterocycles. The number of halogens is 1. The van der Waals surface area contributed by atoms with E-state index in [4.69, 9.17) is 4.74 Å². The lowest BCUT2D eigenvalue weighted by atomic mass is 9.84. The van der Waals surface area contributed by atoms with E-state index in [0.717, 1.165) is 44.1 Å². The topological polar surface area (TPSA) is 126 Å². The first-order chi connectivity index (χ1) is 22.2. The number of benzene rings is 1. The molecule has 47 heavy (non-hydrogen) atoms. The van der Waals surface area contributed by atoms with Crippen LogP contribution in [0, 0.1) is 17.2 Å². The van der Waals surface area contributed by atoms with Gasteiger partial charge in [-0.1, -0.05) is 65.5 Å². The summed E-state index contributed by atoms with van der Waals surface area (Å²) in [7, 11) is 0. The molecule has 0 saturated carbocycles. The van der Waals surface area contributed by atoms with Gasteiger partial charge in [-0.05, 0) is 63.1 Å². The summed E-state index contributed by atoms with van der Waals surface area (Å²) in [6, 6.07) is 5.09. The fraction of sp³-hybridized carbons (Fsp3) is 0.639. The zero-order valence-corrected chi connectivity index (χ0v) is 30.0. The highest BCUT2D eigenvalue weighted by Gasteiger charge is 2.34. The molecule has 2 amide bonds. The lowest BCUT2D eigenvalue weighted by molar-refractivity contribution is -0.149. The van der Waals surface area contributed by atoms with Crippen LogP contribution in [0.1, 0.15) is 133 Å². The fourth-order valence-electron chi connectivity index (χ4n) is 5.62. The summed E-state index contributed by atoms with van der Waals surface area (Å²) in [4.78, 5) is 57.6. The minimum absolute atomic E-state index is 0.0809. The molecule has 11 heteroatoms. The van der Waals surface area contributed by atoms with Crippen LogP contribution in [-0.4, -0.2) is 57.4 Å². The molecule has 1 aromatic carbocycles.